The van der Waals surface area contributed by atoms with Crippen LogP contribution in [-0.4, -0.2) is 81.2 Å². The highest BCUT2D eigenvalue weighted by atomic mass is 19.1. The predicted molar refractivity (Wildman–Crippen MR) is 143 cm³/mol. The number of carbonyl (C=O) groups is 2. The number of nitrogens with zero attached hydrogens (tertiary/aromatic N) is 1. The molecule has 1 aliphatic carbocycles. The standard InChI is InChI=1S/C28H45FN4O5/c1-30-18-25(34)24(16-20-8-4-3-5-9-20)32-27(35)33-14-7-11-22(19-33)26(21-10-6-12-23(29)17-21)38-15-13-31-28(36)37-2/h6,10,12,17,20,22,24-26,30,34H,3-5,7-9,11,13-16,18-19H2,1-2H3,(H,31,36)(H,32,35)/t22-,24+,25-,26+/m1/s1. The molecule has 2 fully saturated rings. The average molecular weight is 537 g/mol. The molecule has 2 aliphatic rings. The number of nitrogens with one attached hydrogen (secondary N) is 3. The Bertz CT molecular complexity index is 869. The number of amides is 3. The lowest BCUT2D eigenvalue weighted by molar-refractivity contribution is -0.00920. The molecule has 4 atom stereocenters. The van der Waals surface area contributed by atoms with Crippen LogP contribution in [0, 0.1) is 17.7 Å². The molecule has 1 aromatic rings. The number of rotatable bonds is 12. The Labute approximate surface area is 225 Å². The summed E-state index contributed by atoms with van der Waals surface area (Å²) in [7, 11) is 3.09. The van der Waals surface area contributed by atoms with E-state index in [1.165, 1.54) is 38.5 Å². The van der Waals surface area contributed by atoms with E-state index < -0.39 is 18.3 Å². The Balaban J connectivity index is 1.66. The molecule has 1 saturated heterocycles. The zero-order valence-corrected chi connectivity index (χ0v) is 22.8. The van der Waals surface area contributed by atoms with E-state index in [0.717, 1.165) is 32.1 Å². The minimum atomic E-state index is -0.669. The molecule has 10 heteroatoms. The Morgan fingerprint density at radius 2 is 1.97 bits per heavy atom. The number of urea groups is 1. The third-order valence-electron chi connectivity index (χ3n) is 7.70. The van der Waals surface area contributed by atoms with Crippen LogP contribution in [0.4, 0.5) is 14.0 Å². The molecule has 0 bridgehead atoms. The molecule has 1 heterocycles. The number of alkyl carbamates (subject to hydrolysis) is 1. The van der Waals surface area contributed by atoms with Crippen LogP contribution in [-0.2, 0) is 9.47 Å². The summed E-state index contributed by atoms with van der Waals surface area (Å²) in [4.78, 5) is 26.6. The monoisotopic (exact) mass is 536 g/mol. The fourth-order valence-electron chi connectivity index (χ4n) is 5.74. The Morgan fingerprint density at radius 1 is 1.18 bits per heavy atom. The summed E-state index contributed by atoms with van der Waals surface area (Å²) < 4.78 is 24.8. The fraction of sp³-hybridized carbons (Fsp3) is 0.714. The number of carbonyl (C=O) groups excluding carboxylic acids is 2. The van der Waals surface area contributed by atoms with Gasteiger partial charge in [0.05, 0.1) is 32.0 Å². The van der Waals surface area contributed by atoms with E-state index in [2.05, 4.69) is 20.7 Å². The Hall–Kier alpha value is -2.43. The lowest BCUT2D eigenvalue weighted by Gasteiger charge is -2.38. The number of likely N-dealkylation sites (tertiary alicyclic amines) is 1. The third kappa shape index (κ3) is 9.39. The van der Waals surface area contributed by atoms with Crippen molar-refractivity contribution in [2.75, 3.05) is 46.9 Å². The van der Waals surface area contributed by atoms with E-state index in [-0.39, 0.29) is 37.0 Å². The summed E-state index contributed by atoms with van der Waals surface area (Å²) in [5, 5.41) is 19.5. The lowest BCUT2D eigenvalue weighted by Crippen LogP contribution is -2.54. The number of hydrogen-bond donors (Lipinski definition) is 4. The van der Waals surface area contributed by atoms with Gasteiger partial charge in [0.25, 0.3) is 0 Å². The number of likely N-dealkylation sites (N-methyl/N-ethyl adjacent to an activating group) is 1. The molecule has 0 unspecified atom stereocenters. The van der Waals surface area contributed by atoms with Gasteiger partial charge in [-0.2, -0.15) is 0 Å². The van der Waals surface area contributed by atoms with E-state index in [0.29, 0.717) is 31.1 Å². The molecular formula is C28H45FN4O5. The summed E-state index contributed by atoms with van der Waals surface area (Å²) in [5.74, 6) is 0.116. The number of halogens is 1. The van der Waals surface area contributed by atoms with Crippen molar-refractivity contribution >= 4 is 12.1 Å². The van der Waals surface area contributed by atoms with Crippen molar-refractivity contribution in [3.8, 4) is 0 Å². The van der Waals surface area contributed by atoms with Crippen molar-refractivity contribution in [3.63, 3.8) is 0 Å². The summed E-state index contributed by atoms with van der Waals surface area (Å²) in [6.07, 6.45) is 6.69. The molecule has 1 aliphatic heterocycles. The van der Waals surface area contributed by atoms with Gasteiger partial charge < -0.3 is 35.4 Å². The highest BCUT2D eigenvalue weighted by Crippen LogP contribution is 2.33. The topological polar surface area (TPSA) is 112 Å². The number of aliphatic hydroxyl groups is 1. The molecule has 0 aromatic heterocycles. The van der Waals surface area contributed by atoms with Gasteiger partial charge >= 0.3 is 12.1 Å². The van der Waals surface area contributed by atoms with E-state index >= 15 is 0 Å². The molecule has 4 N–H and O–H groups in total. The number of benzene rings is 1. The van der Waals surface area contributed by atoms with Crippen molar-refractivity contribution in [2.45, 2.75) is 69.6 Å². The van der Waals surface area contributed by atoms with Gasteiger partial charge in [-0.1, -0.05) is 44.2 Å². The van der Waals surface area contributed by atoms with Crippen LogP contribution in [0.2, 0.25) is 0 Å². The van der Waals surface area contributed by atoms with E-state index in [4.69, 9.17) is 4.74 Å². The van der Waals surface area contributed by atoms with E-state index in [1.807, 2.05) is 6.07 Å². The lowest BCUT2D eigenvalue weighted by atomic mass is 9.83. The van der Waals surface area contributed by atoms with Crippen molar-refractivity contribution in [1.29, 1.82) is 0 Å². The summed E-state index contributed by atoms with van der Waals surface area (Å²) in [6.45, 7) is 1.95. The van der Waals surface area contributed by atoms with Crippen LogP contribution in [0.5, 0.6) is 0 Å². The van der Waals surface area contributed by atoms with Gasteiger partial charge in [0.15, 0.2) is 0 Å². The normalized spacial score (nSPS) is 20.8. The first-order chi connectivity index (χ1) is 18.4. The van der Waals surface area contributed by atoms with Crippen LogP contribution in [0.25, 0.3) is 0 Å². The molecule has 3 rings (SSSR count). The van der Waals surface area contributed by atoms with Gasteiger partial charge in [0, 0.05) is 32.1 Å². The number of methoxy groups -OCH3 is 1. The van der Waals surface area contributed by atoms with Crippen molar-refractivity contribution in [2.24, 2.45) is 11.8 Å². The predicted octanol–water partition coefficient (Wildman–Crippen LogP) is 3.58. The molecule has 1 saturated carbocycles. The quantitative estimate of drug-likeness (QED) is 0.304. The van der Waals surface area contributed by atoms with Crippen molar-refractivity contribution in [1.82, 2.24) is 20.9 Å². The Morgan fingerprint density at radius 3 is 2.68 bits per heavy atom. The zero-order valence-electron chi connectivity index (χ0n) is 22.8. The Kier molecular flexibility index (Phi) is 12.6. The van der Waals surface area contributed by atoms with Crippen LogP contribution < -0.4 is 16.0 Å². The maximum absolute atomic E-state index is 14.1. The van der Waals surface area contributed by atoms with Gasteiger partial charge in [-0.05, 0) is 49.9 Å². The van der Waals surface area contributed by atoms with Gasteiger partial charge in [0.2, 0.25) is 0 Å². The van der Waals surface area contributed by atoms with E-state index in [1.54, 1.807) is 18.0 Å². The molecular weight excluding hydrogens is 491 g/mol. The maximum atomic E-state index is 14.1. The minimum absolute atomic E-state index is 0.0477. The molecule has 3 amide bonds. The molecule has 1 aromatic carbocycles. The second-order valence-electron chi connectivity index (χ2n) is 10.5. The smallest absolute Gasteiger partial charge is 0.406 e. The van der Waals surface area contributed by atoms with Gasteiger partial charge in [-0.25, -0.2) is 14.0 Å². The maximum Gasteiger partial charge on any atom is 0.406 e. The first kappa shape index (κ1) is 30.1. The van der Waals surface area contributed by atoms with Gasteiger partial charge in [-0.3, -0.25) is 0 Å². The number of aliphatic hydroxyl groups excluding tert-OH is 1. The second-order valence-corrected chi connectivity index (χ2v) is 10.5. The highest BCUT2D eigenvalue weighted by molar-refractivity contribution is 5.74. The van der Waals surface area contributed by atoms with Crippen LogP contribution in [0.3, 0.4) is 0 Å². The van der Waals surface area contributed by atoms with Crippen LogP contribution >= 0.6 is 0 Å². The third-order valence-corrected chi connectivity index (χ3v) is 7.70. The zero-order chi connectivity index (χ0) is 27.3. The van der Waals surface area contributed by atoms with Crippen molar-refractivity contribution < 1.29 is 28.6 Å². The SMILES string of the molecule is CNC[C@@H](O)[C@H](CC1CCCCC1)NC(=O)N1CCC[C@@H]([C@@H](OCCNC(=O)OC)c2cccc(F)c2)C1. The fourth-order valence-corrected chi connectivity index (χ4v) is 5.74. The van der Waals surface area contributed by atoms with Crippen LogP contribution in [0.1, 0.15) is 63.0 Å². The first-order valence-corrected chi connectivity index (χ1v) is 14.0. The summed E-state index contributed by atoms with van der Waals surface area (Å²) in [6, 6.07) is 5.83. The number of piperidine rings is 1. The van der Waals surface area contributed by atoms with Gasteiger partial charge in [0.1, 0.15) is 5.82 Å². The first-order valence-electron chi connectivity index (χ1n) is 14.0. The average Bonchev–Trinajstić information content (AvgIpc) is 2.93. The molecule has 0 spiro atoms. The largest absolute Gasteiger partial charge is 0.453 e. The second kappa shape index (κ2) is 15.9. The molecule has 214 valence electrons. The highest BCUT2D eigenvalue weighted by Gasteiger charge is 2.33. The molecule has 0 radical (unpaired) electrons. The van der Waals surface area contributed by atoms with Crippen molar-refractivity contribution in [3.05, 3.63) is 35.6 Å². The molecule has 9 nitrogen and oxygen atoms in total. The van der Waals surface area contributed by atoms with Crippen LogP contribution in [0.15, 0.2) is 24.3 Å². The molecule has 38 heavy (non-hydrogen) atoms. The minimum Gasteiger partial charge on any atom is -0.453 e. The van der Waals surface area contributed by atoms with Gasteiger partial charge in [-0.15, -0.1) is 0 Å². The number of ether oxygens (including phenoxy) is 2. The summed E-state index contributed by atoms with van der Waals surface area (Å²) >= 11 is 0. The number of hydrogen-bond acceptors (Lipinski definition) is 6. The van der Waals surface area contributed by atoms with E-state index in [9.17, 15) is 19.1 Å². The summed E-state index contributed by atoms with van der Waals surface area (Å²) in [5.41, 5.74) is 0.704.